The summed E-state index contributed by atoms with van der Waals surface area (Å²) in [6, 6.07) is 16.4. The normalized spacial score (nSPS) is 14.9. The SMILES string of the molecule is CC1=C(C)C(C)C(c2[c-]c3ccccc3cc2)=C1C.CO.C[C-](C)C.Cl.Cl.[Ti+2]. The number of aliphatic hydroxyl groups is 1. The van der Waals surface area contributed by atoms with Crippen LogP contribution < -0.4 is 0 Å². The van der Waals surface area contributed by atoms with Crippen molar-refractivity contribution in [2.75, 3.05) is 7.11 Å². The van der Waals surface area contributed by atoms with E-state index >= 15 is 0 Å². The number of hydrogen-bond donors (Lipinski definition) is 1. The predicted octanol–water partition coefficient (Wildman–Crippen LogP) is 7.47. The molecule has 1 atom stereocenters. The van der Waals surface area contributed by atoms with E-state index in [0.29, 0.717) is 5.92 Å². The van der Waals surface area contributed by atoms with Gasteiger partial charge in [-0.1, -0.05) is 52.8 Å². The third-order valence-corrected chi connectivity index (χ3v) is 4.59. The second-order valence-corrected chi connectivity index (χ2v) is 7.03. The van der Waals surface area contributed by atoms with Gasteiger partial charge in [0, 0.05) is 7.11 Å². The van der Waals surface area contributed by atoms with E-state index in [-0.39, 0.29) is 46.5 Å². The van der Waals surface area contributed by atoms with Crippen LogP contribution in [0.2, 0.25) is 0 Å². The second-order valence-electron chi connectivity index (χ2n) is 7.03. The summed E-state index contributed by atoms with van der Waals surface area (Å²) in [5, 5.41) is 9.46. The molecule has 1 nitrogen and oxygen atoms in total. The van der Waals surface area contributed by atoms with Crippen LogP contribution in [0.15, 0.2) is 53.1 Å². The molecule has 3 rings (SSSR count). The van der Waals surface area contributed by atoms with Crippen LogP contribution >= 0.6 is 24.8 Å². The van der Waals surface area contributed by atoms with E-state index in [1.54, 1.807) is 0 Å². The molecule has 1 aliphatic carbocycles. The fraction of sp³-hybridized carbons (Fsp3) is 0.375. The third-order valence-electron chi connectivity index (χ3n) is 4.59. The molecule has 0 bridgehead atoms. The van der Waals surface area contributed by atoms with Crippen molar-refractivity contribution < 1.29 is 26.8 Å². The monoisotopic (exact) mass is 456 g/mol. The first-order chi connectivity index (χ1) is 11.8. The predicted molar refractivity (Wildman–Crippen MR) is 126 cm³/mol. The standard InChI is InChI=1S/C19H19.C4H9.CH4O.2ClH.Ti/c1-12-13(2)15(4)19(14(12)3)18-10-9-16-7-5-6-8-17(16)11-18;1-4(2)3;1-2;;;/h5-10,14H,1-4H3;1-3H3;2H,1H3;2*1H;/q2*-1;;;;+2. The van der Waals surface area contributed by atoms with Gasteiger partial charge in [0.05, 0.1) is 0 Å². The minimum Gasteiger partial charge on any atom is -0.400 e. The molecule has 154 valence electrons. The van der Waals surface area contributed by atoms with Crippen LogP contribution in [0.3, 0.4) is 0 Å². The fourth-order valence-corrected chi connectivity index (χ4v) is 3.07. The molecule has 0 amide bonds. The van der Waals surface area contributed by atoms with Crippen LogP contribution in [0.5, 0.6) is 0 Å². The molecule has 1 aliphatic rings. The topological polar surface area (TPSA) is 20.2 Å². The fourth-order valence-electron chi connectivity index (χ4n) is 3.07. The maximum Gasteiger partial charge on any atom is 2.00 e. The number of rotatable bonds is 1. The van der Waals surface area contributed by atoms with E-state index in [9.17, 15) is 0 Å². The molecule has 0 saturated heterocycles. The molecule has 0 radical (unpaired) electrons. The Kier molecular flexibility index (Phi) is 17.5. The Balaban J connectivity index is -0.000000624. The molecule has 0 aliphatic heterocycles. The van der Waals surface area contributed by atoms with E-state index in [1.165, 1.54) is 44.5 Å². The summed E-state index contributed by atoms with van der Waals surface area (Å²) in [6.45, 7) is 15.3. The molecule has 0 aromatic heterocycles. The first kappa shape index (κ1) is 32.1. The van der Waals surface area contributed by atoms with Crippen molar-refractivity contribution in [3.8, 4) is 0 Å². The number of halogens is 2. The smallest absolute Gasteiger partial charge is 0.400 e. The number of aliphatic hydroxyl groups excluding tert-OH is 1. The molecule has 1 N–H and O–H groups in total. The van der Waals surface area contributed by atoms with Gasteiger partial charge in [-0.15, -0.1) is 60.0 Å². The van der Waals surface area contributed by atoms with E-state index in [1.807, 2.05) is 0 Å². The Hall–Kier alpha value is -0.566. The Morgan fingerprint density at radius 1 is 0.857 bits per heavy atom. The van der Waals surface area contributed by atoms with Gasteiger partial charge in [-0.05, 0) is 26.7 Å². The minimum atomic E-state index is 0. The van der Waals surface area contributed by atoms with Crippen molar-refractivity contribution in [1.82, 2.24) is 0 Å². The van der Waals surface area contributed by atoms with Gasteiger partial charge in [0.25, 0.3) is 0 Å². The zero-order valence-electron chi connectivity index (χ0n) is 18.3. The van der Waals surface area contributed by atoms with Gasteiger partial charge in [-0.3, -0.25) is 0 Å². The number of fused-ring (bicyclic) bond motifs is 1. The molecule has 2 aromatic carbocycles. The molecule has 0 heterocycles. The molecule has 0 saturated carbocycles. The molecule has 28 heavy (non-hydrogen) atoms. The Labute approximate surface area is 199 Å². The average molecular weight is 457 g/mol. The van der Waals surface area contributed by atoms with E-state index < -0.39 is 0 Å². The molecule has 1 unspecified atom stereocenters. The van der Waals surface area contributed by atoms with Crippen LogP contribution in [-0.4, -0.2) is 12.2 Å². The number of allylic oxidation sites excluding steroid dienone is 4. The molecule has 0 spiro atoms. The minimum absolute atomic E-state index is 0. The Morgan fingerprint density at radius 2 is 1.36 bits per heavy atom. The maximum absolute atomic E-state index is 7.00. The summed E-state index contributed by atoms with van der Waals surface area (Å²) in [4.78, 5) is 0. The zero-order chi connectivity index (χ0) is 19.1. The van der Waals surface area contributed by atoms with Crippen LogP contribution in [0.25, 0.3) is 16.3 Å². The number of benzene rings is 2. The summed E-state index contributed by atoms with van der Waals surface area (Å²) in [5.74, 6) is 1.93. The summed E-state index contributed by atoms with van der Waals surface area (Å²) < 4.78 is 0. The molecule has 0 fully saturated rings. The van der Waals surface area contributed by atoms with Crippen molar-refractivity contribution in [3.63, 3.8) is 0 Å². The van der Waals surface area contributed by atoms with E-state index in [4.69, 9.17) is 5.11 Å². The van der Waals surface area contributed by atoms with Crippen molar-refractivity contribution in [2.45, 2.75) is 48.5 Å². The second kappa shape index (κ2) is 15.3. The number of hydrogen-bond acceptors (Lipinski definition) is 1. The molecule has 4 heteroatoms. The van der Waals surface area contributed by atoms with Gasteiger partial charge in [0.2, 0.25) is 0 Å². The van der Waals surface area contributed by atoms with Crippen LogP contribution in [0, 0.1) is 17.9 Å². The largest absolute Gasteiger partial charge is 2.00 e. The van der Waals surface area contributed by atoms with Crippen molar-refractivity contribution in [2.24, 2.45) is 5.92 Å². The van der Waals surface area contributed by atoms with Crippen LogP contribution in [-0.2, 0) is 21.7 Å². The summed E-state index contributed by atoms with van der Waals surface area (Å²) >= 11 is 0. The summed E-state index contributed by atoms with van der Waals surface area (Å²) in [6.07, 6.45) is 0. The Morgan fingerprint density at radius 3 is 1.82 bits per heavy atom. The van der Waals surface area contributed by atoms with E-state index in [0.717, 1.165) is 7.11 Å². The maximum atomic E-state index is 7.00. The molecular weight excluding hydrogens is 423 g/mol. The van der Waals surface area contributed by atoms with Crippen LogP contribution in [0.1, 0.15) is 54.0 Å². The van der Waals surface area contributed by atoms with Crippen molar-refractivity contribution >= 4 is 41.2 Å². The quantitative estimate of drug-likeness (QED) is 0.348. The third kappa shape index (κ3) is 8.05. The first-order valence-corrected chi connectivity index (χ1v) is 8.84. The van der Waals surface area contributed by atoms with Crippen LogP contribution in [0.4, 0.5) is 0 Å². The zero-order valence-corrected chi connectivity index (χ0v) is 21.5. The van der Waals surface area contributed by atoms with Gasteiger partial charge in [0.1, 0.15) is 0 Å². The van der Waals surface area contributed by atoms with E-state index in [2.05, 4.69) is 90.9 Å². The van der Waals surface area contributed by atoms with Gasteiger partial charge in [0.15, 0.2) is 0 Å². The molecule has 2 aromatic rings. The van der Waals surface area contributed by atoms with Gasteiger partial charge in [-0.2, -0.15) is 20.8 Å². The summed E-state index contributed by atoms with van der Waals surface area (Å²) in [5.41, 5.74) is 7.07. The summed E-state index contributed by atoms with van der Waals surface area (Å²) in [7, 11) is 1.00. The van der Waals surface area contributed by atoms with Crippen molar-refractivity contribution in [3.05, 3.63) is 70.7 Å². The average Bonchev–Trinajstić information content (AvgIpc) is 2.79. The van der Waals surface area contributed by atoms with Crippen molar-refractivity contribution in [1.29, 1.82) is 0 Å². The van der Waals surface area contributed by atoms with Gasteiger partial charge < -0.3 is 11.0 Å². The van der Waals surface area contributed by atoms with Gasteiger partial charge >= 0.3 is 21.7 Å². The first-order valence-electron chi connectivity index (χ1n) is 8.84. The Bertz CT molecular complexity index is 776. The molecular formula is C24H34Cl2OTi. The van der Waals surface area contributed by atoms with Gasteiger partial charge in [-0.25, -0.2) is 0 Å².